The molecule has 142 valence electrons. The Labute approximate surface area is 159 Å². The maximum atomic E-state index is 12.8. The van der Waals surface area contributed by atoms with Crippen LogP contribution in [0.15, 0.2) is 22.7 Å². The van der Waals surface area contributed by atoms with Gasteiger partial charge in [0.05, 0.1) is 17.3 Å². The van der Waals surface area contributed by atoms with E-state index in [9.17, 15) is 4.79 Å². The molecule has 1 aliphatic heterocycles. The lowest BCUT2D eigenvalue weighted by molar-refractivity contribution is 0.0960. The fraction of sp³-hybridized carbons (Fsp3) is 0.412. The van der Waals surface area contributed by atoms with E-state index in [1.807, 2.05) is 25.2 Å². The number of nitrogens with zero attached hydrogens (tertiary/aromatic N) is 5. The normalized spacial score (nSPS) is 18.0. The molecule has 1 saturated heterocycles. The van der Waals surface area contributed by atoms with Crippen LogP contribution in [0.5, 0.6) is 5.75 Å². The summed E-state index contributed by atoms with van der Waals surface area (Å²) < 4.78 is 11.6. The summed E-state index contributed by atoms with van der Waals surface area (Å²) in [5.41, 5.74) is 0.798. The van der Waals surface area contributed by atoms with Crippen molar-refractivity contribution in [2.24, 2.45) is 0 Å². The van der Waals surface area contributed by atoms with Crippen LogP contribution in [0.25, 0.3) is 10.2 Å². The van der Waals surface area contributed by atoms with E-state index in [0.29, 0.717) is 36.5 Å². The van der Waals surface area contributed by atoms with Crippen molar-refractivity contribution in [1.82, 2.24) is 24.9 Å². The summed E-state index contributed by atoms with van der Waals surface area (Å²) in [6, 6.07) is 5.34. The number of aryl methyl sites for hydroxylation is 1. The predicted molar refractivity (Wildman–Crippen MR) is 101 cm³/mol. The van der Waals surface area contributed by atoms with Crippen molar-refractivity contribution in [2.45, 2.75) is 13.0 Å². The van der Waals surface area contributed by atoms with Crippen LogP contribution in [0, 0.1) is 6.92 Å². The summed E-state index contributed by atoms with van der Waals surface area (Å²) in [5, 5.41) is 7.30. The summed E-state index contributed by atoms with van der Waals surface area (Å²) in [6.45, 7) is 3.58. The minimum Gasteiger partial charge on any atom is -0.495 e. The maximum absolute atomic E-state index is 12.8. The molecule has 0 spiro atoms. The monoisotopic (exact) mass is 388 g/mol. The van der Waals surface area contributed by atoms with Crippen molar-refractivity contribution >= 4 is 32.7 Å². The smallest absolute Gasteiger partial charge is 0.323 e. The maximum Gasteiger partial charge on any atom is 0.323 e. The van der Waals surface area contributed by atoms with E-state index in [-0.39, 0.29) is 12.1 Å². The fourth-order valence-corrected chi connectivity index (χ4v) is 4.03. The lowest BCUT2D eigenvalue weighted by Crippen LogP contribution is -2.50. The second-order valence-corrected chi connectivity index (χ2v) is 7.38. The first kappa shape index (κ1) is 17.7. The number of amides is 2. The van der Waals surface area contributed by atoms with Crippen LogP contribution in [0.1, 0.15) is 17.8 Å². The standard InChI is InChI=1S/C17H20N6O3S/c1-10-18-15(26-21-10)12-9-23(8-7-22(12)2)17(24)20-16-19-11-5-4-6-13(25-3)14(11)27-16/h4-6,12H,7-9H2,1-3H3,(H,19,20,24). The zero-order valence-electron chi connectivity index (χ0n) is 15.3. The summed E-state index contributed by atoms with van der Waals surface area (Å²) in [4.78, 5) is 25.4. The quantitative estimate of drug-likeness (QED) is 0.736. The first-order valence-electron chi connectivity index (χ1n) is 8.55. The number of carbonyl (C=O) groups is 1. The van der Waals surface area contributed by atoms with Gasteiger partial charge in [0.25, 0.3) is 0 Å². The van der Waals surface area contributed by atoms with Crippen molar-refractivity contribution < 1.29 is 14.1 Å². The van der Waals surface area contributed by atoms with Crippen LogP contribution in [-0.2, 0) is 0 Å². The molecule has 2 amide bonds. The molecule has 3 heterocycles. The molecule has 1 aromatic carbocycles. The molecule has 4 rings (SSSR count). The lowest BCUT2D eigenvalue weighted by atomic mass is 10.2. The number of ether oxygens (including phenoxy) is 1. The Bertz CT molecular complexity index is 971. The Kier molecular flexibility index (Phi) is 4.66. The molecule has 9 nitrogen and oxygen atoms in total. The average Bonchev–Trinajstić information content (AvgIpc) is 3.27. The molecule has 0 aliphatic carbocycles. The molecule has 27 heavy (non-hydrogen) atoms. The lowest BCUT2D eigenvalue weighted by Gasteiger charge is -2.37. The molecule has 10 heteroatoms. The van der Waals surface area contributed by atoms with Gasteiger partial charge in [-0.25, -0.2) is 9.78 Å². The third-order valence-electron chi connectivity index (χ3n) is 4.58. The number of carbonyl (C=O) groups excluding carboxylic acids is 1. The third-order valence-corrected chi connectivity index (χ3v) is 5.58. The number of rotatable bonds is 3. The fourth-order valence-electron chi connectivity index (χ4n) is 3.08. The van der Waals surface area contributed by atoms with Gasteiger partial charge in [-0.1, -0.05) is 22.6 Å². The summed E-state index contributed by atoms with van der Waals surface area (Å²) in [6.07, 6.45) is 0. The number of thiazole rings is 1. The minimum atomic E-state index is -0.192. The van der Waals surface area contributed by atoms with Crippen LogP contribution in [0.2, 0.25) is 0 Å². The van der Waals surface area contributed by atoms with Crippen molar-refractivity contribution in [3.8, 4) is 5.75 Å². The van der Waals surface area contributed by atoms with Crippen LogP contribution in [0.3, 0.4) is 0 Å². The highest BCUT2D eigenvalue weighted by atomic mass is 32.1. The van der Waals surface area contributed by atoms with Crippen LogP contribution >= 0.6 is 11.3 Å². The van der Waals surface area contributed by atoms with Gasteiger partial charge in [-0.15, -0.1) is 0 Å². The number of benzene rings is 1. The summed E-state index contributed by atoms with van der Waals surface area (Å²) in [5.74, 6) is 1.86. The number of urea groups is 1. The molecule has 1 N–H and O–H groups in total. The number of hydrogen-bond donors (Lipinski definition) is 1. The van der Waals surface area contributed by atoms with Crippen LogP contribution < -0.4 is 10.1 Å². The van der Waals surface area contributed by atoms with Crippen molar-refractivity contribution in [3.63, 3.8) is 0 Å². The number of anilines is 1. The number of likely N-dealkylation sites (N-methyl/N-ethyl adjacent to an activating group) is 1. The van der Waals surface area contributed by atoms with Gasteiger partial charge >= 0.3 is 6.03 Å². The summed E-state index contributed by atoms with van der Waals surface area (Å²) in [7, 11) is 3.61. The van der Waals surface area contributed by atoms with Gasteiger partial charge in [0.15, 0.2) is 11.0 Å². The number of methoxy groups -OCH3 is 1. The Morgan fingerprint density at radius 1 is 1.37 bits per heavy atom. The van der Waals surface area contributed by atoms with Gasteiger partial charge in [0.2, 0.25) is 5.89 Å². The van der Waals surface area contributed by atoms with Gasteiger partial charge in [0.1, 0.15) is 11.8 Å². The van der Waals surface area contributed by atoms with Crippen molar-refractivity contribution in [2.75, 3.05) is 39.1 Å². The molecule has 0 saturated carbocycles. The minimum absolute atomic E-state index is 0.124. The largest absolute Gasteiger partial charge is 0.495 e. The molecule has 0 radical (unpaired) electrons. The molecule has 1 fully saturated rings. The van der Waals surface area contributed by atoms with Crippen molar-refractivity contribution in [3.05, 3.63) is 29.9 Å². The zero-order valence-corrected chi connectivity index (χ0v) is 16.1. The van der Waals surface area contributed by atoms with E-state index < -0.39 is 0 Å². The zero-order chi connectivity index (χ0) is 19.0. The van der Waals surface area contributed by atoms with E-state index in [1.54, 1.807) is 18.9 Å². The van der Waals surface area contributed by atoms with Gasteiger partial charge in [-0.2, -0.15) is 4.98 Å². The molecule has 1 aliphatic rings. The van der Waals surface area contributed by atoms with Gasteiger partial charge in [-0.3, -0.25) is 10.2 Å². The van der Waals surface area contributed by atoms with Gasteiger partial charge < -0.3 is 14.2 Å². The van der Waals surface area contributed by atoms with E-state index in [0.717, 1.165) is 16.0 Å². The highest BCUT2D eigenvalue weighted by molar-refractivity contribution is 7.22. The Morgan fingerprint density at radius 3 is 2.96 bits per heavy atom. The summed E-state index contributed by atoms with van der Waals surface area (Å²) >= 11 is 1.40. The SMILES string of the molecule is COc1cccc2nc(NC(=O)N3CCN(C)C(c4nc(C)no4)C3)sc12. The van der Waals surface area contributed by atoms with Crippen molar-refractivity contribution in [1.29, 1.82) is 0 Å². The average molecular weight is 388 g/mol. The Hall–Kier alpha value is -2.72. The first-order valence-corrected chi connectivity index (χ1v) is 9.36. The van der Waals surface area contributed by atoms with Crippen LogP contribution in [0.4, 0.5) is 9.93 Å². The number of nitrogens with one attached hydrogen (secondary N) is 1. The number of piperazine rings is 1. The molecule has 0 bridgehead atoms. The third kappa shape index (κ3) is 3.45. The van der Waals surface area contributed by atoms with E-state index in [4.69, 9.17) is 9.26 Å². The second-order valence-electron chi connectivity index (χ2n) is 6.38. The molecule has 2 aromatic heterocycles. The Morgan fingerprint density at radius 2 is 2.22 bits per heavy atom. The van der Waals surface area contributed by atoms with E-state index in [1.165, 1.54) is 11.3 Å². The van der Waals surface area contributed by atoms with E-state index in [2.05, 4.69) is 25.3 Å². The van der Waals surface area contributed by atoms with Crippen LogP contribution in [-0.4, -0.2) is 64.7 Å². The topological polar surface area (TPSA) is 96.6 Å². The first-order chi connectivity index (χ1) is 13.0. The van der Waals surface area contributed by atoms with Gasteiger partial charge in [0, 0.05) is 19.6 Å². The molecule has 1 unspecified atom stereocenters. The molecule has 3 aromatic rings. The molecule has 1 atom stereocenters. The highest BCUT2D eigenvalue weighted by Crippen LogP contribution is 2.33. The van der Waals surface area contributed by atoms with E-state index >= 15 is 0 Å². The number of fused-ring (bicyclic) bond motifs is 1. The number of hydrogen-bond acceptors (Lipinski definition) is 8. The Balaban J connectivity index is 1.49. The molecular formula is C17H20N6O3S. The van der Waals surface area contributed by atoms with Gasteiger partial charge in [-0.05, 0) is 26.1 Å². The highest BCUT2D eigenvalue weighted by Gasteiger charge is 2.32. The predicted octanol–water partition coefficient (Wildman–Crippen LogP) is 2.52. The number of aromatic nitrogens is 3. The second kappa shape index (κ2) is 7.12. The molecular weight excluding hydrogens is 368 g/mol.